The van der Waals surface area contributed by atoms with E-state index in [4.69, 9.17) is 16.3 Å². The predicted octanol–water partition coefficient (Wildman–Crippen LogP) is 3.75. The minimum Gasteiger partial charge on any atom is -0.493 e. The lowest BCUT2D eigenvalue weighted by molar-refractivity contribution is 0.344. The molecule has 0 aliphatic carbocycles. The van der Waals surface area contributed by atoms with Crippen molar-refractivity contribution in [3.63, 3.8) is 0 Å². The molecule has 0 bridgehead atoms. The van der Waals surface area contributed by atoms with Crippen LogP contribution in [-0.2, 0) is 0 Å². The van der Waals surface area contributed by atoms with Crippen LogP contribution in [0, 0.1) is 0 Å². The zero-order chi connectivity index (χ0) is 13.7. The van der Waals surface area contributed by atoms with Gasteiger partial charge in [-0.2, -0.15) is 0 Å². The number of hydrogen-bond acceptors (Lipinski definition) is 4. The van der Waals surface area contributed by atoms with Crippen molar-refractivity contribution in [3.8, 4) is 5.75 Å². The fraction of sp³-hybridized carbons (Fsp3) is 0.385. The number of aromatic nitrogens is 3. The van der Waals surface area contributed by atoms with Crippen LogP contribution in [0.4, 0.5) is 0 Å². The van der Waals surface area contributed by atoms with Crippen LogP contribution in [0.2, 0.25) is 5.02 Å². The number of hydrogen-bond donors (Lipinski definition) is 1. The minimum atomic E-state index is 0.368. The maximum atomic E-state index is 5.80. The standard InChI is InChI=1S/C13H16ClN3OS/c1-9(2)12-15-13(17-16-12)19-8-7-18-11-5-3-10(14)4-6-11/h3-6,9H,7-8H2,1-2H3,(H,15,16,17). The smallest absolute Gasteiger partial charge is 0.208 e. The van der Waals surface area contributed by atoms with Gasteiger partial charge in [0.15, 0.2) is 0 Å². The van der Waals surface area contributed by atoms with E-state index in [1.807, 2.05) is 24.3 Å². The van der Waals surface area contributed by atoms with Gasteiger partial charge in [-0.3, -0.25) is 5.10 Å². The van der Waals surface area contributed by atoms with Crippen molar-refractivity contribution < 1.29 is 4.74 Å². The normalized spacial score (nSPS) is 10.9. The van der Waals surface area contributed by atoms with E-state index in [1.54, 1.807) is 11.8 Å². The van der Waals surface area contributed by atoms with Gasteiger partial charge in [-0.25, -0.2) is 4.98 Å². The Labute approximate surface area is 121 Å². The number of H-pyrrole nitrogens is 1. The first kappa shape index (κ1) is 14.2. The van der Waals surface area contributed by atoms with Crippen molar-refractivity contribution in [3.05, 3.63) is 35.1 Å². The van der Waals surface area contributed by atoms with Gasteiger partial charge in [-0.15, -0.1) is 5.10 Å². The highest BCUT2D eigenvalue weighted by Gasteiger charge is 2.06. The first-order valence-electron chi connectivity index (χ1n) is 6.08. The van der Waals surface area contributed by atoms with Crippen molar-refractivity contribution in [1.82, 2.24) is 15.2 Å². The second-order valence-electron chi connectivity index (χ2n) is 4.31. The van der Waals surface area contributed by atoms with Crippen molar-refractivity contribution in [2.45, 2.75) is 24.9 Å². The topological polar surface area (TPSA) is 50.8 Å². The second kappa shape index (κ2) is 6.82. The molecule has 0 aliphatic rings. The van der Waals surface area contributed by atoms with E-state index in [2.05, 4.69) is 29.0 Å². The summed E-state index contributed by atoms with van der Waals surface area (Å²) in [5.74, 6) is 2.91. The van der Waals surface area contributed by atoms with Gasteiger partial charge in [-0.05, 0) is 24.3 Å². The van der Waals surface area contributed by atoms with Crippen LogP contribution < -0.4 is 4.74 Å². The Kier molecular flexibility index (Phi) is 5.10. The summed E-state index contributed by atoms with van der Waals surface area (Å²) in [5, 5.41) is 8.56. The molecule has 0 saturated heterocycles. The summed E-state index contributed by atoms with van der Waals surface area (Å²) in [6, 6.07) is 7.34. The van der Waals surface area contributed by atoms with Gasteiger partial charge in [0.25, 0.3) is 0 Å². The van der Waals surface area contributed by atoms with Crippen LogP contribution in [0.1, 0.15) is 25.6 Å². The molecule has 0 amide bonds. The van der Waals surface area contributed by atoms with E-state index in [1.165, 1.54) is 0 Å². The summed E-state index contributed by atoms with van der Waals surface area (Å²) in [5.41, 5.74) is 0. The fourth-order valence-corrected chi connectivity index (χ4v) is 2.15. The molecule has 2 aromatic rings. The van der Waals surface area contributed by atoms with Crippen molar-refractivity contribution in [2.24, 2.45) is 0 Å². The van der Waals surface area contributed by atoms with E-state index < -0.39 is 0 Å². The average Bonchev–Trinajstić information content (AvgIpc) is 2.86. The molecule has 6 heteroatoms. The molecule has 102 valence electrons. The highest BCUT2D eigenvalue weighted by molar-refractivity contribution is 7.99. The van der Waals surface area contributed by atoms with Gasteiger partial charge in [-0.1, -0.05) is 37.2 Å². The molecular weight excluding hydrogens is 282 g/mol. The lowest BCUT2D eigenvalue weighted by atomic mass is 10.2. The fourth-order valence-electron chi connectivity index (χ4n) is 1.40. The lowest BCUT2D eigenvalue weighted by Gasteiger charge is -2.04. The summed E-state index contributed by atoms with van der Waals surface area (Å²) in [7, 11) is 0. The quantitative estimate of drug-likeness (QED) is 0.651. The molecule has 0 atom stereocenters. The van der Waals surface area contributed by atoms with Crippen molar-refractivity contribution >= 4 is 23.4 Å². The molecule has 19 heavy (non-hydrogen) atoms. The Morgan fingerprint density at radius 3 is 2.68 bits per heavy atom. The third-order valence-corrected chi connectivity index (χ3v) is 3.49. The van der Waals surface area contributed by atoms with Gasteiger partial charge in [0.05, 0.1) is 6.61 Å². The van der Waals surface area contributed by atoms with Crippen LogP contribution in [-0.4, -0.2) is 27.5 Å². The molecule has 2 rings (SSSR count). The number of ether oxygens (including phenoxy) is 1. The summed E-state index contributed by atoms with van der Waals surface area (Å²) in [4.78, 5) is 4.39. The lowest BCUT2D eigenvalue weighted by Crippen LogP contribution is -2.00. The van der Waals surface area contributed by atoms with E-state index in [-0.39, 0.29) is 0 Å². The predicted molar refractivity (Wildman–Crippen MR) is 78.1 cm³/mol. The highest BCUT2D eigenvalue weighted by atomic mass is 35.5. The molecule has 1 N–H and O–H groups in total. The first-order chi connectivity index (χ1) is 9.15. The third-order valence-electron chi connectivity index (χ3n) is 2.43. The number of nitrogens with zero attached hydrogens (tertiary/aromatic N) is 2. The molecule has 1 aromatic heterocycles. The minimum absolute atomic E-state index is 0.368. The average molecular weight is 298 g/mol. The summed E-state index contributed by atoms with van der Waals surface area (Å²) in [6.45, 7) is 4.77. The second-order valence-corrected chi connectivity index (χ2v) is 5.81. The van der Waals surface area contributed by atoms with Crippen LogP contribution in [0.3, 0.4) is 0 Å². The largest absolute Gasteiger partial charge is 0.493 e. The molecule has 0 radical (unpaired) electrons. The number of rotatable bonds is 6. The summed E-state index contributed by atoms with van der Waals surface area (Å²) < 4.78 is 5.59. The Morgan fingerprint density at radius 2 is 2.05 bits per heavy atom. The maximum absolute atomic E-state index is 5.80. The zero-order valence-corrected chi connectivity index (χ0v) is 12.5. The molecule has 1 aromatic carbocycles. The van der Waals surface area contributed by atoms with E-state index in [9.17, 15) is 0 Å². The van der Waals surface area contributed by atoms with Crippen LogP contribution in [0.25, 0.3) is 0 Å². The van der Waals surface area contributed by atoms with Crippen molar-refractivity contribution in [1.29, 1.82) is 0 Å². The third kappa shape index (κ3) is 4.44. The molecular formula is C13H16ClN3OS. The number of thioether (sulfide) groups is 1. The molecule has 1 heterocycles. The van der Waals surface area contributed by atoms with E-state index in [0.717, 1.165) is 22.5 Å². The molecule has 0 spiro atoms. The number of benzene rings is 1. The van der Waals surface area contributed by atoms with Crippen molar-refractivity contribution in [2.75, 3.05) is 12.4 Å². The highest BCUT2D eigenvalue weighted by Crippen LogP contribution is 2.18. The molecule has 0 aliphatic heterocycles. The molecule has 4 nitrogen and oxygen atoms in total. The van der Waals surface area contributed by atoms with E-state index in [0.29, 0.717) is 17.5 Å². The Bertz CT molecular complexity index is 513. The SMILES string of the molecule is CC(C)c1nc(SCCOc2ccc(Cl)cc2)n[nH]1. The Hall–Kier alpha value is -1.20. The van der Waals surface area contributed by atoms with Crippen LogP contribution >= 0.6 is 23.4 Å². The zero-order valence-electron chi connectivity index (χ0n) is 10.9. The monoisotopic (exact) mass is 297 g/mol. The maximum Gasteiger partial charge on any atom is 0.208 e. The number of halogens is 1. The van der Waals surface area contributed by atoms with Crippen LogP contribution in [0.5, 0.6) is 5.75 Å². The molecule has 0 fully saturated rings. The van der Waals surface area contributed by atoms with Gasteiger partial charge in [0.2, 0.25) is 5.16 Å². The number of aromatic amines is 1. The molecule has 0 unspecified atom stereocenters. The van der Waals surface area contributed by atoms with Gasteiger partial charge >= 0.3 is 0 Å². The van der Waals surface area contributed by atoms with Gasteiger partial charge in [0, 0.05) is 16.7 Å². The number of nitrogens with one attached hydrogen (secondary N) is 1. The summed E-state index contributed by atoms with van der Waals surface area (Å²) >= 11 is 7.38. The van der Waals surface area contributed by atoms with E-state index >= 15 is 0 Å². The summed E-state index contributed by atoms with van der Waals surface area (Å²) in [6.07, 6.45) is 0. The molecule has 0 saturated carbocycles. The van der Waals surface area contributed by atoms with Gasteiger partial charge in [0.1, 0.15) is 11.6 Å². The Balaban J connectivity index is 1.72. The Morgan fingerprint density at radius 1 is 1.32 bits per heavy atom. The van der Waals surface area contributed by atoms with Gasteiger partial charge < -0.3 is 4.74 Å². The first-order valence-corrected chi connectivity index (χ1v) is 7.45. The van der Waals surface area contributed by atoms with Crippen LogP contribution in [0.15, 0.2) is 29.4 Å².